The first-order chi connectivity index (χ1) is 16.6. The van der Waals surface area contributed by atoms with Crippen molar-refractivity contribution in [3.8, 4) is 0 Å². The summed E-state index contributed by atoms with van der Waals surface area (Å²) in [7, 11) is -4.19. The third-order valence-corrected chi connectivity index (χ3v) is 8.14. The normalized spacial score (nSPS) is 15.0. The van der Waals surface area contributed by atoms with Crippen LogP contribution >= 0.6 is 23.2 Å². The maximum Gasteiger partial charge on any atom is 0.269 e. The molecule has 2 aromatic carbocycles. The van der Waals surface area contributed by atoms with E-state index >= 15 is 0 Å². The number of amides is 3. The summed E-state index contributed by atoms with van der Waals surface area (Å²) in [6, 6.07) is 9.68. The summed E-state index contributed by atoms with van der Waals surface area (Å²) in [6.07, 6.45) is 1.93. The lowest BCUT2D eigenvalue weighted by molar-refractivity contribution is -0.141. The molecule has 2 aromatic rings. The van der Waals surface area contributed by atoms with Crippen LogP contribution in [0, 0.1) is 0 Å². The Balaban J connectivity index is 1.92. The number of fused-ring (bicyclic) bond motifs is 1. The predicted octanol–water partition coefficient (Wildman–Crippen LogP) is 3.86. The Morgan fingerprint density at radius 2 is 1.83 bits per heavy atom. The molecular weight excluding hydrogens is 513 g/mol. The number of benzene rings is 2. The van der Waals surface area contributed by atoms with E-state index in [4.69, 9.17) is 23.2 Å². The van der Waals surface area contributed by atoms with Crippen molar-refractivity contribution >= 4 is 50.9 Å². The summed E-state index contributed by atoms with van der Waals surface area (Å²) >= 11 is 12.3. The third kappa shape index (κ3) is 5.79. The second-order valence-electron chi connectivity index (χ2n) is 8.14. The molecule has 1 atom stereocenters. The van der Waals surface area contributed by atoms with Gasteiger partial charge in [-0.25, -0.2) is 12.7 Å². The van der Waals surface area contributed by atoms with E-state index in [1.165, 1.54) is 29.2 Å². The van der Waals surface area contributed by atoms with Crippen molar-refractivity contribution < 1.29 is 22.8 Å². The smallest absolute Gasteiger partial charge is 0.269 e. The summed E-state index contributed by atoms with van der Waals surface area (Å²) in [5, 5.41) is 3.54. The van der Waals surface area contributed by atoms with Gasteiger partial charge in [0.2, 0.25) is 11.8 Å². The van der Waals surface area contributed by atoms with Crippen LogP contribution < -0.4 is 5.32 Å². The van der Waals surface area contributed by atoms with Crippen molar-refractivity contribution in [1.82, 2.24) is 14.5 Å². The number of carbonyl (C=O) groups excluding carboxylic acids is 3. The molecule has 0 fully saturated rings. The molecule has 188 valence electrons. The van der Waals surface area contributed by atoms with Gasteiger partial charge in [0.15, 0.2) is 0 Å². The molecule has 0 saturated heterocycles. The molecule has 1 heterocycles. The van der Waals surface area contributed by atoms with Gasteiger partial charge in [-0.1, -0.05) is 61.7 Å². The van der Waals surface area contributed by atoms with Gasteiger partial charge in [0.1, 0.15) is 17.5 Å². The van der Waals surface area contributed by atoms with E-state index in [0.717, 1.165) is 12.8 Å². The second kappa shape index (κ2) is 11.4. The Kier molecular flexibility index (Phi) is 8.79. The molecule has 0 bridgehead atoms. The largest absolute Gasteiger partial charge is 0.354 e. The van der Waals surface area contributed by atoms with E-state index in [-0.39, 0.29) is 29.3 Å². The van der Waals surface area contributed by atoms with Crippen molar-refractivity contribution in [2.75, 3.05) is 13.1 Å². The number of unbranched alkanes of at least 4 members (excludes halogenated alkanes) is 1. The molecule has 0 aliphatic carbocycles. The van der Waals surface area contributed by atoms with E-state index in [1.54, 1.807) is 25.1 Å². The van der Waals surface area contributed by atoms with E-state index in [9.17, 15) is 22.8 Å². The molecular formula is C24H27Cl2N3O5S. The zero-order valence-electron chi connectivity index (χ0n) is 19.5. The van der Waals surface area contributed by atoms with Crippen LogP contribution in [0.4, 0.5) is 0 Å². The highest BCUT2D eigenvalue weighted by Gasteiger charge is 2.43. The Morgan fingerprint density at radius 3 is 2.46 bits per heavy atom. The summed E-state index contributed by atoms with van der Waals surface area (Å²) in [4.78, 5) is 40.4. The number of sulfonamides is 1. The molecule has 8 nitrogen and oxygen atoms in total. The molecule has 1 aliphatic heterocycles. The molecule has 1 unspecified atom stereocenters. The van der Waals surface area contributed by atoms with Gasteiger partial charge in [-0.2, -0.15) is 0 Å². The SMILES string of the molecule is CCCCNC(=O)C(CC)N(Cc1ccc(Cl)cc1Cl)C(=O)CN1C(=O)c2ccccc2S1(=O)=O. The molecule has 0 aromatic heterocycles. The van der Waals surface area contributed by atoms with E-state index in [2.05, 4.69) is 5.32 Å². The predicted molar refractivity (Wildman–Crippen MR) is 134 cm³/mol. The molecule has 3 amide bonds. The van der Waals surface area contributed by atoms with Crippen LogP contribution in [0.2, 0.25) is 10.0 Å². The van der Waals surface area contributed by atoms with Crippen LogP contribution in [-0.4, -0.2) is 54.5 Å². The Bertz CT molecular complexity index is 1240. The first-order valence-corrected chi connectivity index (χ1v) is 13.5. The highest BCUT2D eigenvalue weighted by molar-refractivity contribution is 7.90. The van der Waals surface area contributed by atoms with Crippen LogP contribution in [0.5, 0.6) is 0 Å². The van der Waals surface area contributed by atoms with E-state index in [0.29, 0.717) is 26.5 Å². The maximum atomic E-state index is 13.5. The van der Waals surface area contributed by atoms with Gasteiger partial charge in [0.05, 0.1) is 5.56 Å². The lowest BCUT2D eigenvalue weighted by Crippen LogP contribution is -2.52. The van der Waals surface area contributed by atoms with E-state index in [1.807, 2.05) is 6.92 Å². The van der Waals surface area contributed by atoms with Gasteiger partial charge in [0, 0.05) is 23.1 Å². The Labute approximate surface area is 215 Å². The van der Waals surface area contributed by atoms with Crippen molar-refractivity contribution in [1.29, 1.82) is 0 Å². The van der Waals surface area contributed by atoms with E-state index < -0.39 is 34.4 Å². The summed E-state index contributed by atoms with van der Waals surface area (Å²) in [5.74, 6) is -1.84. The fourth-order valence-electron chi connectivity index (χ4n) is 3.86. The van der Waals surface area contributed by atoms with Gasteiger partial charge in [-0.05, 0) is 42.7 Å². The number of nitrogens with one attached hydrogen (secondary N) is 1. The summed E-state index contributed by atoms with van der Waals surface area (Å²) < 4.78 is 26.5. The van der Waals surface area contributed by atoms with Gasteiger partial charge in [0.25, 0.3) is 15.9 Å². The molecule has 0 radical (unpaired) electrons. The molecule has 0 saturated carbocycles. The van der Waals surface area contributed by atoms with Gasteiger partial charge < -0.3 is 10.2 Å². The monoisotopic (exact) mass is 539 g/mol. The fraction of sp³-hybridized carbons (Fsp3) is 0.375. The zero-order valence-corrected chi connectivity index (χ0v) is 21.8. The highest BCUT2D eigenvalue weighted by atomic mass is 35.5. The quantitative estimate of drug-likeness (QED) is 0.461. The zero-order chi connectivity index (χ0) is 25.8. The summed E-state index contributed by atoms with van der Waals surface area (Å²) in [6.45, 7) is 3.39. The van der Waals surface area contributed by atoms with Gasteiger partial charge in [-0.15, -0.1) is 0 Å². The highest BCUT2D eigenvalue weighted by Crippen LogP contribution is 2.30. The standard InChI is InChI=1S/C24H27Cl2N3O5S/c1-3-5-12-27-23(31)20(4-2)28(14-16-10-11-17(25)13-19(16)26)22(30)15-29-24(32)18-8-6-7-9-21(18)35(29,33)34/h6-11,13,20H,3-5,12,14-15H2,1-2H3,(H,27,31). The number of carbonyl (C=O) groups is 3. The number of nitrogens with zero attached hydrogens (tertiary/aromatic N) is 2. The number of hydrogen-bond donors (Lipinski definition) is 1. The minimum Gasteiger partial charge on any atom is -0.354 e. The lowest BCUT2D eigenvalue weighted by Gasteiger charge is -2.32. The van der Waals surface area contributed by atoms with Crippen LogP contribution in [0.15, 0.2) is 47.4 Å². The Hall–Kier alpha value is -2.62. The number of hydrogen-bond acceptors (Lipinski definition) is 5. The minimum atomic E-state index is -4.19. The molecule has 1 aliphatic rings. The molecule has 11 heteroatoms. The van der Waals surface area contributed by atoms with Crippen molar-refractivity contribution in [2.45, 2.75) is 50.6 Å². The topological polar surface area (TPSA) is 104 Å². The fourth-order valence-corrected chi connectivity index (χ4v) is 5.85. The second-order valence-corrected chi connectivity index (χ2v) is 10.8. The molecule has 1 N–H and O–H groups in total. The number of rotatable bonds is 10. The van der Waals surface area contributed by atoms with Crippen molar-refractivity contribution in [3.05, 3.63) is 63.6 Å². The minimum absolute atomic E-state index is 0.0111. The summed E-state index contributed by atoms with van der Waals surface area (Å²) in [5.41, 5.74) is 0.542. The van der Waals surface area contributed by atoms with Gasteiger partial charge >= 0.3 is 0 Å². The molecule has 3 rings (SSSR count). The van der Waals surface area contributed by atoms with Crippen LogP contribution in [0.25, 0.3) is 0 Å². The van der Waals surface area contributed by atoms with Crippen LogP contribution in [0.1, 0.15) is 49.0 Å². The van der Waals surface area contributed by atoms with Crippen LogP contribution in [-0.2, 0) is 26.2 Å². The van der Waals surface area contributed by atoms with Crippen LogP contribution in [0.3, 0.4) is 0 Å². The van der Waals surface area contributed by atoms with Gasteiger partial charge in [-0.3, -0.25) is 14.4 Å². The Morgan fingerprint density at radius 1 is 1.11 bits per heavy atom. The average Bonchev–Trinajstić information content (AvgIpc) is 3.01. The maximum absolute atomic E-state index is 13.5. The first-order valence-electron chi connectivity index (χ1n) is 11.3. The van der Waals surface area contributed by atoms with Crippen molar-refractivity contribution in [2.24, 2.45) is 0 Å². The molecule has 0 spiro atoms. The lowest BCUT2D eigenvalue weighted by atomic mass is 10.1. The third-order valence-electron chi connectivity index (χ3n) is 5.76. The average molecular weight is 540 g/mol. The van der Waals surface area contributed by atoms with Crippen molar-refractivity contribution in [3.63, 3.8) is 0 Å². The first kappa shape index (κ1) is 27.0. The number of halogens is 2. The molecule has 35 heavy (non-hydrogen) atoms.